The smallest absolute Gasteiger partial charge is 0.315 e. The van der Waals surface area contributed by atoms with Gasteiger partial charge >= 0.3 is 5.97 Å². The third-order valence-electron chi connectivity index (χ3n) is 16.0. The number of ether oxygens (including phenoxy) is 2. The van der Waals surface area contributed by atoms with Gasteiger partial charge in [0.05, 0.1) is 35.2 Å². The lowest BCUT2D eigenvalue weighted by Crippen LogP contribution is -2.70. The van der Waals surface area contributed by atoms with Gasteiger partial charge in [0.2, 0.25) is 6.29 Å². The van der Waals surface area contributed by atoms with Gasteiger partial charge in [0, 0.05) is 5.92 Å². The minimum Gasteiger partial charge on any atom is -0.432 e. The number of fused-ring (bicyclic) bond motifs is 7. The second-order valence-corrected chi connectivity index (χ2v) is 18.2. The van der Waals surface area contributed by atoms with Crippen LogP contribution in [0.1, 0.15) is 99.8 Å². The molecule has 0 unspecified atom stereocenters. The van der Waals surface area contributed by atoms with Crippen LogP contribution in [0.25, 0.3) is 0 Å². The lowest BCUT2D eigenvalue weighted by molar-refractivity contribution is -0.300. The zero-order chi connectivity index (χ0) is 35.6. The molecular weight excluding hydrogens is 620 g/mol. The van der Waals surface area contributed by atoms with Crippen LogP contribution in [0, 0.1) is 50.2 Å². The molecule has 11 nitrogen and oxygen atoms in total. The Morgan fingerprint density at radius 2 is 1.56 bits per heavy atom. The first-order valence-electron chi connectivity index (χ1n) is 17.9. The molecule has 6 rings (SSSR count). The number of rotatable bonds is 4. The summed E-state index contributed by atoms with van der Waals surface area (Å²) in [5, 5.41) is 75.9. The van der Waals surface area contributed by atoms with Crippen LogP contribution in [-0.2, 0) is 19.1 Å². The number of hydrogen-bond donors (Lipinski definition) is 7. The van der Waals surface area contributed by atoms with Crippen molar-refractivity contribution in [3.8, 4) is 0 Å². The molecule has 0 aromatic heterocycles. The fourth-order valence-corrected chi connectivity index (χ4v) is 12.3. The van der Waals surface area contributed by atoms with Crippen LogP contribution < -0.4 is 0 Å². The molecule has 0 bridgehead atoms. The molecule has 1 heterocycles. The van der Waals surface area contributed by atoms with Crippen molar-refractivity contribution in [2.75, 3.05) is 6.61 Å². The number of aliphatic hydroxyl groups is 7. The molecule has 16 atom stereocenters. The van der Waals surface area contributed by atoms with Gasteiger partial charge in [0.1, 0.15) is 30.7 Å². The molecule has 0 amide bonds. The Labute approximate surface area is 283 Å². The van der Waals surface area contributed by atoms with Gasteiger partial charge in [-0.1, -0.05) is 53.2 Å². The molecule has 11 heteroatoms. The van der Waals surface area contributed by atoms with E-state index in [1.807, 2.05) is 13.8 Å². The van der Waals surface area contributed by atoms with Crippen molar-refractivity contribution in [3.63, 3.8) is 0 Å². The van der Waals surface area contributed by atoms with Crippen molar-refractivity contribution < 1.29 is 54.8 Å². The standard InChI is InChI=1S/C37H58O11/c1-31(2)12-14-37(30(45)48-29-26(43)25(42)24(41)21(17-38)47-29)15-13-34(5)19(27(37)36(31,7)46)8-9-23-32(3)16-20(40)28(44)33(4,18-39)22(32)10-11-35(23,34)6/h8,18,20-29,38,40-44,46H,9-17H2,1-7H3/t20-,21-,22-,23-,24-,25+,26-,27-,28+,29+,32+,33-,34-,35-,36-,37+/m1/s1. The molecule has 0 radical (unpaired) electrons. The van der Waals surface area contributed by atoms with Crippen LogP contribution in [0.2, 0.25) is 0 Å². The maximum atomic E-state index is 14.6. The van der Waals surface area contributed by atoms with Crippen molar-refractivity contribution in [3.05, 3.63) is 11.6 Å². The van der Waals surface area contributed by atoms with Gasteiger partial charge in [-0.15, -0.1) is 0 Å². The van der Waals surface area contributed by atoms with Crippen LogP contribution in [0.15, 0.2) is 11.6 Å². The second kappa shape index (κ2) is 11.3. The Bertz CT molecular complexity index is 1340. The molecule has 4 saturated carbocycles. The monoisotopic (exact) mass is 678 g/mol. The van der Waals surface area contributed by atoms with Gasteiger partial charge in [-0.25, -0.2) is 0 Å². The molecule has 5 aliphatic carbocycles. The maximum absolute atomic E-state index is 14.6. The number of aliphatic hydroxyl groups excluding tert-OH is 6. The number of hydrogen-bond acceptors (Lipinski definition) is 11. The summed E-state index contributed by atoms with van der Waals surface area (Å²) in [6, 6.07) is 0. The van der Waals surface area contributed by atoms with Crippen molar-refractivity contribution in [1.29, 1.82) is 0 Å². The molecular formula is C37H58O11. The quantitative estimate of drug-likeness (QED) is 0.131. The largest absolute Gasteiger partial charge is 0.432 e. The highest BCUT2D eigenvalue weighted by Crippen LogP contribution is 2.76. The maximum Gasteiger partial charge on any atom is 0.315 e. The SMILES string of the molecule is CC1(C)CC[C@]2(C(=O)O[C@@H]3O[C@H](CO)[C@@H](O)[C@H](O)[C@H]3O)CC[C@]3(C)C(=CC[C@@H]4[C@@]5(C)C[C@@H](O)[C@H](O)[C@](C)(C=O)[C@@H]5CC[C@]43C)[C@@H]2[C@@]1(C)O. The lowest BCUT2D eigenvalue weighted by Gasteiger charge is -2.72. The summed E-state index contributed by atoms with van der Waals surface area (Å²) in [6.07, 6.45) is -2.55. The number of carbonyl (C=O) groups excluding carboxylic acids is 2. The fraction of sp³-hybridized carbons (Fsp3) is 0.892. The highest BCUT2D eigenvalue weighted by molar-refractivity contribution is 5.79. The van der Waals surface area contributed by atoms with E-state index in [9.17, 15) is 45.3 Å². The van der Waals surface area contributed by atoms with Gasteiger partial charge in [0.25, 0.3) is 0 Å². The van der Waals surface area contributed by atoms with Crippen molar-refractivity contribution in [2.45, 2.75) is 148 Å². The average molecular weight is 679 g/mol. The van der Waals surface area contributed by atoms with Gasteiger partial charge in [0.15, 0.2) is 0 Å². The first-order chi connectivity index (χ1) is 22.1. The summed E-state index contributed by atoms with van der Waals surface area (Å²) < 4.78 is 11.5. The average Bonchev–Trinajstić information content (AvgIpc) is 3.02. The molecule has 0 spiro atoms. The minimum absolute atomic E-state index is 0.0639. The molecule has 6 aliphatic rings. The van der Waals surface area contributed by atoms with Crippen molar-refractivity contribution in [1.82, 2.24) is 0 Å². The first kappa shape index (κ1) is 36.4. The molecule has 7 N–H and O–H groups in total. The molecule has 1 aliphatic heterocycles. The number of esters is 1. The lowest BCUT2D eigenvalue weighted by atomic mass is 9.32. The summed E-state index contributed by atoms with van der Waals surface area (Å²) >= 11 is 0. The summed E-state index contributed by atoms with van der Waals surface area (Å²) in [5.74, 6) is -1.35. The number of carbonyl (C=O) groups is 2. The van der Waals surface area contributed by atoms with E-state index < -0.39 is 94.1 Å². The third-order valence-corrected chi connectivity index (χ3v) is 16.0. The Morgan fingerprint density at radius 1 is 0.917 bits per heavy atom. The highest BCUT2D eigenvalue weighted by atomic mass is 16.7. The van der Waals surface area contributed by atoms with Gasteiger partial charge < -0.3 is 50.0 Å². The topological polar surface area (TPSA) is 194 Å². The van der Waals surface area contributed by atoms with Gasteiger partial charge in [-0.3, -0.25) is 4.79 Å². The van der Waals surface area contributed by atoms with Crippen LogP contribution >= 0.6 is 0 Å². The molecule has 272 valence electrons. The molecule has 0 aromatic rings. The normalized spacial score (nSPS) is 56.0. The molecule has 5 fully saturated rings. The summed E-state index contributed by atoms with van der Waals surface area (Å²) in [6.45, 7) is 13.7. The fourth-order valence-electron chi connectivity index (χ4n) is 12.3. The van der Waals surface area contributed by atoms with E-state index in [-0.39, 0.29) is 17.3 Å². The molecule has 1 saturated heterocycles. The first-order valence-corrected chi connectivity index (χ1v) is 17.9. The number of allylic oxidation sites excluding steroid dienone is 1. The Morgan fingerprint density at radius 3 is 2.19 bits per heavy atom. The highest BCUT2D eigenvalue weighted by Gasteiger charge is 2.73. The molecule has 0 aromatic carbocycles. The van der Waals surface area contributed by atoms with Gasteiger partial charge in [-0.05, 0) is 91.8 Å². The van der Waals surface area contributed by atoms with Crippen molar-refractivity contribution in [2.24, 2.45) is 50.2 Å². The summed E-state index contributed by atoms with van der Waals surface area (Å²) in [7, 11) is 0. The zero-order valence-corrected chi connectivity index (χ0v) is 29.6. The Hall–Kier alpha value is -1.44. The van der Waals surface area contributed by atoms with Crippen molar-refractivity contribution >= 4 is 12.3 Å². The predicted octanol–water partition coefficient (Wildman–Crippen LogP) is 2.00. The Balaban J connectivity index is 1.42. The van der Waals surface area contributed by atoms with E-state index in [4.69, 9.17) is 9.47 Å². The van der Waals surface area contributed by atoms with E-state index in [1.165, 1.54) is 0 Å². The number of aldehydes is 1. The predicted molar refractivity (Wildman–Crippen MR) is 173 cm³/mol. The van der Waals surface area contributed by atoms with Crippen LogP contribution in [-0.4, -0.2) is 103 Å². The molecule has 48 heavy (non-hydrogen) atoms. The van der Waals surface area contributed by atoms with E-state index in [0.717, 1.165) is 18.3 Å². The zero-order valence-electron chi connectivity index (χ0n) is 29.6. The van der Waals surface area contributed by atoms with E-state index in [1.54, 1.807) is 13.8 Å². The Kier molecular flexibility index (Phi) is 8.54. The third kappa shape index (κ3) is 4.47. The van der Waals surface area contributed by atoms with E-state index >= 15 is 0 Å². The van der Waals surface area contributed by atoms with Crippen LogP contribution in [0.4, 0.5) is 0 Å². The minimum atomic E-state index is -1.73. The van der Waals surface area contributed by atoms with Crippen LogP contribution in [0.5, 0.6) is 0 Å². The van der Waals surface area contributed by atoms with Gasteiger partial charge in [-0.2, -0.15) is 0 Å². The van der Waals surface area contributed by atoms with Crippen LogP contribution in [0.3, 0.4) is 0 Å². The van der Waals surface area contributed by atoms with E-state index in [0.29, 0.717) is 44.9 Å². The van der Waals surface area contributed by atoms with E-state index in [2.05, 4.69) is 26.8 Å². The summed E-state index contributed by atoms with van der Waals surface area (Å²) in [4.78, 5) is 27.1. The second-order valence-electron chi connectivity index (χ2n) is 18.2. The summed E-state index contributed by atoms with van der Waals surface area (Å²) in [5.41, 5.74) is -4.39.